The zero-order valence-electron chi connectivity index (χ0n) is 10.7. The fourth-order valence-corrected chi connectivity index (χ4v) is 2.36. The van der Waals surface area contributed by atoms with Crippen LogP contribution in [0.25, 0.3) is 0 Å². The van der Waals surface area contributed by atoms with E-state index in [1.807, 2.05) is 18.2 Å². The Labute approximate surface area is 127 Å². The summed E-state index contributed by atoms with van der Waals surface area (Å²) >= 11 is 9.50. The monoisotopic (exact) mass is 347 g/mol. The number of nitrogens with one attached hydrogen (secondary N) is 1. The highest BCUT2D eigenvalue weighted by molar-refractivity contribution is 9.10. The summed E-state index contributed by atoms with van der Waals surface area (Å²) in [6.07, 6.45) is 2.08. The zero-order chi connectivity index (χ0) is 13.7. The predicted molar refractivity (Wildman–Crippen MR) is 80.4 cm³/mol. The standard InChI is InChI=1S/C14H19BrClNO2/c15-12-3-4-14(16)11(5-12)6-17-7-13(18)9-19-8-10-1-2-10/h3-5,10,13,17-18H,1-2,6-9H2. The average Bonchev–Trinajstić information content (AvgIpc) is 3.18. The Balaban J connectivity index is 1.62. The van der Waals surface area contributed by atoms with Crippen molar-refractivity contribution in [3.63, 3.8) is 0 Å². The van der Waals surface area contributed by atoms with Gasteiger partial charge in [-0.15, -0.1) is 0 Å². The van der Waals surface area contributed by atoms with Gasteiger partial charge < -0.3 is 15.2 Å². The summed E-state index contributed by atoms with van der Waals surface area (Å²) in [4.78, 5) is 0. The van der Waals surface area contributed by atoms with Crippen LogP contribution < -0.4 is 5.32 Å². The Morgan fingerprint density at radius 2 is 2.26 bits per heavy atom. The van der Waals surface area contributed by atoms with E-state index in [-0.39, 0.29) is 0 Å². The average molecular weight is 349 g/mol. The molecule has 0 amide bonds. The normalized spacial score (nSPS) is 16.6. The van der Waals surface area contributed by atoms with Gasteiger partial charge in [0.05, 0.1) is 12.7 Å². The van der Waals surface area contributed by atoms with Gasteiger partial charge in [-0.2, -0.15) is 0 Å². The van der Waals surface area contributed by atoms with Crippen molar-refractivity contribution in [1.29, 1.82) is 0 Å². The van der Waals surface area contributed by atoms with Crippen molar-refractivity contribution in [2.75, 3.05) is 19.8 Å². The minimum Gasteiger partial charge on any atom is -0.389 e. The molecule has 2 N–H and O–H groups in total. The van der Waals surface area contributed by atoms with Crippen LogP contribution in [0.5, 0.6) is 0 Å². The second-order valence-corrected chi connectivity index (χ2v) is 6.32. The van der Waals surface area contributed by atoms with Crippen molar-refractivity contribution in [1.82, 2.24) is 5.32 Å². The van der Waals surface area contributed by atoms with E-state index >= 15 is 0 Å². The topological polar surface area (TPSA) is 41.5 Å². The van der Waals surface area contributed by atoms with Gasteiger partial charge in [0, 0.05) is 29.2 Å². The number of aliphatic hydroxyl groups is 1. The van der Waals surface area contributed by atoms with Crippen LogP contribution in [0.15, 0.2) is 22.7 Å². The van der Waals surface area contributed by atoms with Gasteiger partial charge in [-0.1, -0.05) is 27.5 Å². The molecule has 1 aromatic carbocycles. The lowest BCUT2D eigenvalue weighted by molar-refractivity contribution is 0.0324. The molecular formula is C14H19BrClNO2. The second kappa shape index (κ2) is 7.60. The molecule has 19 heavy (non-hydrogen) atoms. The van der Waals surface area contributed by atoms with Crippen LogP contribution in [0, 0.1) is 5.92 Å². The van der Waals surface area contributed by atoms with Crippen LogP contribution in [0.1, 0.15) is 18.4 Å². The molecule has 1 atom stereocenters. The summed E-state index contributed by atoms with van der Waals surface area (Å²) in [5.41, 5.74) is 1.02. The second-order valence-electron chi connectivity index (χ2n) is 5.00. The van der Waals surface area contributed by atoms with Gasteiger partial charge in [0.25, 0.3) is 0 Å². The van der Waals surface area contributed by atoms with Crippen molar-refractivity contribution in [3.05, 3.63) is 33.3 Å². The summed E-state index contributed by atoms with van der Waals surface area (Å²) < 4.78 is 6.44. The van der Waals surface area contributed by atoms with Crippen LogP contribution in [0.2, 0.25) is 5.02 Å². The lowest BCUT2D eigenvalue weighted by Gasteiger charge is -2.13. The van der Waals surface area contributed by atoms with Crippen molar-refractivity contribution in [2.45, 2.75) is 25.5 Å². The molecule has 5 heteroatoms. The van der Waals surface area contributed by atoms with E-state index in [0.29, 0.717) is 19.7 Å². The van der Waals surface area contributed by atoms with E-state index in [0.717, 1.165) is 27.6 Å². The molecule has 0 bridgehead atoms. The molecule has 0 aliphatic heterocycles. The molecule has 1 aliphatic carbocycles. The molecule has 1 aromatic rings. The Morgan fingerprint density at radius 3 is 3.00 bits per heavy atom. The molecule has 2 rings (SSSR count). The summed E-state index contributed by atoms with van der Waals surface area (Å²) in [6, 6.07) is 5.75. The third kappa shape index (κ3) is 5.79. The fraction of sp³-hybridized carbons (Fsp3) is 0.571. The predicted octanol–water partition coefficient (Wildman–Crippen LogP) is 2.98. The number of aliphatic hydroxyl groups excluding tert-OH is 1. The van der Waals surface area contributed by atoms with Gasteiger partial charge in [-0.25, -0.2) is 0 Å². The molecule has 1 aliphatic rings. The molecule has 0 radical (unpaired) electrons. The number of hydrogen-bond donors (Lipinski definition) is 2. The maximum absolute atomic E-state index is 9.75. The number of benzene rings is 1. The maximum atomic E-state index is 9.75. The SMILES string of the molecule is OC(CNCc1cc(Br)ccc1Cl)COCC1CC1. The van der Waals surface area contributed by atoms with E-state index < -0.39 is 6.10 Å². The van der Waals surface area contributed by atoms with Gasteiger partial charge in [0.1, 0.15) is 0 Å². The van der Waals surface area contributed by atoms with Gasteiger partial charge in [-0.3, -0.25) is 0 Å². The smallest absolute Gasteiger partial charge is 0.0897 e. The quantitative estimate of drug-likeness (QED) is 0.759. The van der Waals surface area contributed by atoms with Crippen molar-refractivity contribution >= 4 is 27.5 Å². The van der Waals surface area contributed by atoms with Crippen LogP contribution in [0.3, 0.4) is 0 Å². The van der Waals surface area contributed by atoms with Crippen LogP contribution >= 0.6 is 27.5 Å². The Bertz CT molecular complexity index is 412. The molecule has 0 saturated heterocycles. The molecule has 1 fully saturated rings. The zero-order valence-corrected chi connectivity index (χ0v) is 13.1. The lowest BCUT2D eigenvalue weighted by Crippen LogP contribution is -2.30. The van der Waals surface area contributed by atoms with E-state index in [2.05, 4.69) is 21.2 Å². The maximum Gasteiger partial charge on any atom is 0.0897 e. The Morgan fingerprint density at radius 1 is 1.47 bits per heavy atom. The van der Waals surface area contributed by atoms with Crippen LogP contribution in [-0.2, 0) is 11.3 Å². The third-order valence-electron chi connectivity index (χ3n) is 3.06. The number of hydrogen-bond acceptors (Lipinski definition) is 3. The first-order chi connectivity index (χ1) is 9.15. The van der Waals surface area contributed by atoms with Gasteiger partial charge in [-0.05, 0) is 42.5 Å². The summed E-state index contributed by atoms with van der Waals surface area (Å²) in [6.45, 7) is 2.33. The molecule has 106 valence electrons. The minimum absolute atomic E-state index is 0.399. The molecule has 3 nitrogen and oxygen atoms in total. The summed E-state index contributed by atoms with van der Waals surface area (Å²) in [7, 11) is 0. The highest BCUT2D eigenvalue weighted by atomic mass is 79.9. The summed E-state index contributed by atoms with van der Waals surface area (Å²) in [5.74, 6) is 0.737. The molecular weight excluding hydrogens is 330 g/mol. The lowest BCUT2D eigenvalue weighted by atomic mass is 10.2. The van der Waals surface area contributed by atoms with Crippen LogP contribution in [0.4, 0.5) is 0 Å². The molecule has 0 spiro atoms. The molecule has 1 unspecified atom stereocenters. The largest absolute Gasteiger partial charge is 0.389 e. The minimum atomic E-state index is -0.468. The van der Waals surface area contributed by atoms with E-state index in [4.69, 9.17) is 16.3 Å². The molecule has 0 heterocycles. The van der Waals surface area contributed by atoms with Crippen molar-refractivity contribution in [3.8, 4) is 0 Å². The first-order valence-corrected chi connectivity index (χ1v) is 7.72. The summed E-state index contributed by atoms with van der Waals surface area (Å²) in [5, 5.41) is 13.7. The van der Waals surface area contributed by atoms with E-state index in [1.54, 1.807) is 0 Å². The molecule has 0 aromatic heterocycles. The van der Waals surface area contributed by atoms with Crippen LogP contribution in [-0.4, -0.2) is 31.0 Å². The Kier molecular flexibility index (Phi) is 6.10. The highest BCUT2D eigenvalue weighted by Gasteiger charge is 2.21. The van der Waals surface area contributed by atoms with Crippen molar-refractivity contribution < 1.29 is 9.84 Å². The first kappa shape index (κ1) is 15.3. The molecule has 1 saturated carbocycles. The highest BCUT2D eigenvalue weighted by Crippen LogP contribution is 2.28. The van der Waals surface area contributed by atoms with E-state index in [9.17, 15) is 5.11 Å². The number of halogens is 2. The third-order valence-corrected chi connectivity index (χ3v) is 3.93. The van der Waals surface area contributed by atoms with E-state index in [1.165, 1.54) is 12.8 Å². The van der Waals surface area contributed by atoms with Gasteiger partial charge in [0.2, 0.25) is 0 Å². The number of ether oxygens (including phenoxy) is 1. The first-order valence-electron chi connectivity index (χ1n) is 6.55. The van der Waals surface area contributed by atoms with Gasteiger partial charge in [0.15, 0.2) is 0 Å². The fourth-order valence-electron chi connectivity index (χ4n) is 1.77. The van der Waals surface area contributed by atoms with Gasteiger partial charge >= 0.3 is 0 Å². The number of rotatable bonds is 8. The Hall–Kier alpha value is -0.130. The van der Waals surface area contributed by atoms with Crippen molar-refractivity contribution in [2.24, 2.45) is 5.92 Å².